The minimum Gasteiger partial charge on any atom is -0.481 e. The zero-order valence-corrected chi connectivity index (χ0v) is 14.5. The number of carboxylic acids is 1. The Hall–Kier alpha value is -1.82. The summed E-state index contributed by atoms with van der Waals surface area (Å²) in [6, 6.07) is 4.06. The van der Waals surface area contributed by atoms with E-state index in [2.05, 4.69) is 11.8 Å². The van der Waals surface area contributed by atoms with E-state index in [1.54, 1.807) is 11.9 Å². The van der Waals surface area contributed by atoms with Crippen LogP contribution < -0.4 is 0 Å². The summed E-state index contributed by atoms with van der Waals surface area (Å²) >= 11 is 0. The Morgan fingerprint density at radius 2 is 2.00 bits per heavy atom. The maximum atomic E-state index is 12.0. The van der Waals surface area contributed by atoms with Gasteiger partial charge in [0.1, 0.15) is 11.5 Å². The number of aliphatic carboxylic acids is 1. The van der Waals surface area contributed by atoms with Gasteiger partial charge >= 0.3 is 5.97 Å². The SMILES string of the molecule is CCCc1ccc(CN2CCC3(CC2)[C@@H](C(=O)O)CC(=O)N3C)o1. The second-order valence-electron chi connectivity index (χ2n) is 7.05. The number of aryl methyl sites for hydroxylation is 1. The first-order valence-corrected chi connectivity index (χ1v) is 8.75. The number of rotatable bonds is 5. The molecule has 0 unspecified atom stereocenters. The molecule has 24 heavy (non-hydrogen) atoms. The molecule has 132 valence electrons. The molecule has 2 aliphatic heterocycles. The molecule has 1 aromatic heterocycles. The Bertz CT molecular complexity index is 616. The molecule has 6 nitrogen and oxygen atoms in total. The van der Waals surface area contributed by atoms with Crippen molar-refractivity contribution < 1.29 is 19.1 Å². The molecule has 0 radical (unpaired) electrons. The van der Waals surface area contributed by atoms with Gasteiger partial charge in [-0.1, -0.05) is 6.92 Å². The maximum absolute atomic E-state index is 12.0. The molecule has 6 heteroatoms. The van der Waals surface area contributed by atoms with Crippen LogP contribution in [0.4, 0.5) is 0 Å². The van der Waals surface area contributed by atoms with Crippen molar-refractivity contribution in [2.45, 2.75) is 51.1 Å². The fraction of sp³-hybridized carbons (Fsp3) is 0.667. The second kappa shape index (κ2) is 6.59. The Morgan fingerprint density at radius 3 is 2.62 bits per heavy atom. The van der Waals surface area contributed by atoms with E-state index >= 15 is 0 Å². The molecule has 2 fully saturated rings. The molecule has 3 rings (SSSR count). The lowest BCUT2D eigenvalue weighted by atomic mass is 9.77. The highest BCUT2D eigenvalue weighted by Crippen LogP contribution is 2.43. The van der Waals surface area contributed by atoms with Crippen molar-refractivity contribution >= 4 is 11.9 Å². The van der Waals surface area contributed by atoms with E-state index in [-0.39, 0.29) is 12.3 Å². The van der Waals surface area contributed by atoms with Gasteiger partial charge in [-0.2, -0.15) is 0 Å². The average Bonchev–Trinajstić information content (AvgIpc) is 3.08. The molecule has 1 N–H and O–H groups in total. The fourth-order valence-electron chi connectivity index (χ4n) is 4.19. The smallest absolute Gasteiger partial charge is 0.309 e. The minimum absolute atomic E-state index is 0.0499. The van der Waals surface area contributed by atoms with E-state index in [0.717, 1.165) is 44.0 Å². The number of piperidine rings is 1. The highest BCUT2D eigenvalue weighted by atomic mass is 16.4. The summed E-state index contributed by atoms with van der Waals surface area (Å²) < 4.78 is 5.84. The molecule has 2 saturated heterocycles. The third kappa shape index (κ3) is 2.95. The van der Waals surface area contributed by atoms with Crippen molar-refractivity contribution in [1.29, 1.82) is 0 Å². The summed E-state index contributed by atoms with van der Waals surface area (Å²) in [6.07, 6.45) is 3.56. The number of carboxylic acid groups (broad SMARTS) is 1. The van der Waals surface area contributed by atoms with Crippen molar-refractivity contribution in [2.24, 2.45) is 5.92 Å². The molecule has 1 spiro atoms. The zero-order valence-electron chi connectivity index (χ0n) is 14.5. The van der Waals surface area contributed by atoms with Crippen LogP contribution in [0.1, 0.15) is 44.1 Å². The Labute approximate surface area is 142 Å². The van der Waals surface area contributed by atoms with Gasteiger partial charge in [-0.3, -0.25) is 14.5 Å². The van der Waals surface area contributed by atoms with Crippen molar-refractivity contribution in [2.75, 3.05) is 20.1 Å². The van der Waals surface area contributed by atoms with Crippen LogP contribution in [0.5, 0.6) is 0 Å². The first kappa shape index (κ1) is 17.0. The molecule has 1 aromatic rings. The molecular formula is C18H26N2O4. The molecule has 2 aliphatic rings. The van der Waals surface area contributed by atoms with Gasteiger partial charge in [0.2, 0.25) is 5.91 Å². The van der Waals surface area contributed by atoms with Crippen LogP contribution in [0.25, 0.3) is 0 Å². The maximum Gasteiger partial charge on any atom is 0.309 e. The van der Waals surface area contributed by atoms with Crippen molar-refractivity contribution in [3.8, 4) is 0 Å². The Kier molecular flexibility index (Phi) is 4.67. The number of likely N-dealkylation sites (tertiary alicyclic amines) is 2. The summed E-state index contributed by atoms with van der Waals surface area (Å²) in [5.41, 5.74) is -0.518. The van der Waals surface area contributed by atoms with Gasteiger partial charge in [-0.25, -0.2) is 0 Å². The van der Waals surface area contributed by atoms with Gasteiger partial charge in [-0.15, -0.1) is 0 Å². The molecule has 1 atom stereocenters. The Morgan fingerprint density at radius 1 is 1.33 bits per heavy atom. The largest absolute Gasteiger partial charge is 0.481 e. The molecule has 1 amide bonds. The quantitative estimate of drug-likeness (QED) is 0.893. The van der Waals surface area contributed by atoms with E-state index in [1.165, 1.54) is 0 Å². The lowest BCUT2D eigenvalue weighted by molar-refractivity contribution is -0.146. The first-order chi connectivity index (χ1) is 11.5. The molecule has 0 bridgehead atoms. The van der Waals surface area contributed by atoms with Crippen LogP contribution in [0.3, 0.4) is 0 Å². The normalized spacial score (nSPS) is 24.0. The molecule has 0 aliphatic carbocycles. The summed E-state index contributed by atoms with van der Waals surface area (Å²) in [7, 11) is 1.75. The van der Waals surface area contributed by atoms with Gasteiger partial charge in [-0.05, 0) is 31.4 Å². The number of carbonyl (C=O) groups excluding carboxylic acids is 1. The van der Waals surface area contributed by atoms with Gasteiger partial charge in [0.25, 0.3) is 0 Å². The molecule has 0 aromatic carbocycles. The Balaban J connectivity index is 1.64. The summed E-state index contributed by atoms with van der Waals surface area (Å²) in [6.45, 7) is 4.44. The third-order valence-electron chi connectivity index (χ3n) is 5.68. The van der Waals surface area contributed by atoms with E-state index in [0.29, 0.717) is 12.8 Å². The van der Waals surface area contributed by atoms with Crippen LogP contribution in [0, 0.1) is 5.92 Å². The summed E-state index contributed by atoms with van der Waals surface area (Å²) in [4.78, 5) is 27.6. The number of carbonyl (C=O) groups is 2. The minimum atomic E-state index is -0.851. The number of furan rings is 1. The summed E-state index contributed by atoms with van der Waals surface area (Å²) in [5.74, 6) is 0.493. The highest BCUT2D eigenvalue weighted by molar-refractivity contribution is 5.88. The highest BCUT2D eigenvalue weighted by Gasteiger charge is 2.55. The first-order valence-electron chi connectivity index (χ1n) is 8.75. The number of hydrogen-bond donors (Lipinski definition) is 1. The molecule has 0 saturated carbocycles. The van der Waals surface area contributed by atoms with Crippen LogP contribution in [-0.2, 0) is 22.6 Å². The second-order valence-corrected chi connectivity index (χ2v) is 7.05. The predicted octanol–water partition coefficient (Wildman–Crippen LogP) is 2.13. The van der Waals surface area contributed by atoms with E-state index < -0.39 is 17.4 Å². The summed E-state index contributed by atoms with van der Waals surface area (Å²) in [5, 5.41) is 9.51. The third-order valence-corrected chi connectivity index (χ3v) is 5.68. The van der Waals surface area contributed by atoms with Crippen molar-refractivity contribution in [1.82, 2.24) is 9.80 Å². The van der Waals surface area contributed by atoms with Crippen LogP contribution in [0.2, 0.25) is 0 Å². The van der Waals surface area contributed by atoms with Gasteiger partial charge in [0.05, 0.1) is 18.0 Å². The lowest BCUT2D eigenvalue weighted by Gasteiger charge is -2.45. The van der Waals surface area contributed by atoms with Gasteiger partial charge in [0, 0.05) is 33.0 Å². The van der Waals surface area contributed by atoms with Gasteiger partial charge < -0.3 is 14.4 Å². The fourth-order valence-corrected chi connectivity index (χ4v) is 4.19. The predicted molar refractivity (Wildman–Crippen MR) is 88.5 cm³/mol. The van der Waals surface area contributed by atoms with Crippen LogP contribution >= 0.6 is 0 Å². The molecule has 3 heterocycles. The lowest BCUT2D eigenvalue weighted by Crippen LogP contribution is -2.55. The van der Waals surface area contributed by atoms with E-state index in [9.17, 15) is 14.7 Å². The van der Waals surface area contributed by atoms with E-state index in [1.807, 2.05) is 12.1 Å². The van der Waals surface area contributed by atoms with Crippen molar-refractivity contribution in [3.63, 3.8) is 0 Å². The van der Waals surface area contributed by atoms with Gasteiger partial charge in [0.15, 0.2) is 0 Å². The van der Waals surface area contributed by atoms with Crippen LogP contribution in [0.15, 0.2) is 16.5 Å². The molecular weight excluding hydrogens is 308 g/mol. The topological polar surface area (TPSA) is 74.0 Å². The number of amides is 1. The zero-order chi connectivity index (χ0) is 17.3. The standard InChI is InChI=1S/C18H26N2O4/c1-3-4-13-5-6-14(24-13)12-20-9-7-18(8-10-20)15(17(22)23)11-16(21)19(18)2/h5-6,15H,3-4,7-12H2,1-2H3,(H,22,23)/t15-/m1/s1. The van der Waals surface area contributed by atoms with E-state index in [4.69, 9.17) is 4.42 Å². The number of hydrogen-bond acceptors (Lipinski definition) is 4. The van der Waals surface area contributed by atoms with Crippen LogP contribution in [-0.4, -0.2) is 52.5 Å². The number of nitrogens with zero attached hydrogens (tertiary/aromatic N) is 2. The monoisotopic (exact) mass is 334 g/mol. The average molecular weight is 334 g/mol. The van der Waals surface area contributed by atoms with Crippen molar-refractivity contribution in [3.05, 3.63) is 23.7 Å².